The molecule has 0 spiro atoms. The minimum absolute atomic E-state index is 0.0692. The van der Waals surface area contributed by atoms with Gasteiger partial charge in [-0.2, -0.15) is 10.1 Å². The minimum Gasteiger partial charge on any atom is -0.368 e. The predicted molar refractivity (Wildman–Crippen MR) is 109 cm³/mol. The zero-order valence-electron chi connectivity index (χ0n) is 15.2. The van der Waals surface area contributed by atoms with Gasteiger partial charge in [0.15, 0.2) is 5.82 Å². The summed E-state index contributed by atoms with van der Waals surface area (Å²) in [6, 6.07) is 5.97. The molecule has 1 aliphatic rings. The summed E-state index contributed by atoms with van der Waals surface area (Å²) in [5.74, 6) is 2.06. The second-order valence-electron chi connectivity index (χ2n) is 7.13. The van der Waals surface area contributed by atoms with Gasteiger partial charge in [0.05, 0.1) is 10.5 Å². The average Bonchev–Trinajstić information content (AvgIpc) is 3.34. The Morgan fingerprint density at radius 2 is 2.14 bits per heavy atom. The number of nitrogen functional groups attached to an aromatic ring is 1. The maximum absolute atomic E-state index is 6.23. The molecule has 4 aromatic rings. The predicted octanol–water partition coefficient (Wildman–Crippen LogP) is 4.08. The Kier molecular flexibility index (Phi) is 3.94. The van der Waals surface area contributed by atoms with Gasteiger partial charge in [-0.3, -0.25) is 5.10 Å². The van der Waals surface area contributed by atoms with Crippen LogP contribution in [0.1, 0.15) is 48.6 Å². The van der Waals surface area contributed by atoms with Crippen LogP contribution in [0, 0.1) is 0 Å². The lowest BCUT2D eigenvalue weighted by molar-refractivity contribution is 0.865. The summed E-state index contributed by atoms with van der Waals surface area (Å²) < 4.78 is 0. The van der Waals surface area contributed by atoms with E-state index in [-0.39, 0.29) is 11.9 Å². The Labute approximate surface area is 166 Å². The molecular weight excluding hydrogens is 376 g/mol. The normalized spacial score (nSPS) is 15.1. The standard InChI is InChI=1S/C19H19ClN8/c1-9(13-4-5-14-17(24-13)12(20)8-22-14)11-7-23-19(21)26-18(11)25-16-6-15(27-28-16)10-2-3-10/h4-10,22H,2-3H2,1H3,(H4,21,23,25,26,27,28). The lowest BCUT2D eigenvalue weighted by Crippen LogP contribution is -2.08. The molecule has 1 aliphatic carbocycles. The highest BCUT2D eigenvalue weighted by atomic mass is 35.5. The highest BCUT2D eigenvalue weighted by molar-refractivity contribution is 6.35. The van der Waals surface area contributed by atoms with Crippen molar-refractivity contribution >= 4 is 40.2 Å². The molecule has 5 N–H and O–H groups in total. The van der Waals surface area contributed by atoms with Crippen LogP contribution in [0.3, 0.4) is 0 Å². The fraction of sp³-hybridized carbons (Fsp3) is 0.263. The van der Waals surface area contributed by atoms with E-state index in [1.54, 1.807) is 12.4 Å². The first-order valence-electron chi connectivity index (χ1n) is 9.17. The fourth-order valence-electron chi connectivity index (χ4n) is 3.33. The van der Waals surface area contributed by atoms with Crippen molar-refractivity contribution < 1.29 is 0 Å². The Bertz CT molecular complexity index is 1160. The van der Waals surface area contributed by atoms with E-state index < -0.39 is 0 Å². The quantitative estimate of drug-likeness (QED) is 0.404. The topological polar surface area (TPSA) is 121 Å². The van der Waals surface area contributed by atoms with Crippen LogP contribution < -0.4 is 11.1 Å². The minimum atomic E-state index is -0.0692. The molecule has 28 heavy (non-hydrogen) atoms. The van der Waals surface area contributed by atoms with Crippen LogP contribution in [0.15, 0.2) is 30.6 Å². The first-order valence-corrected chi connectivity index (χ1v) is 9.54. The van der Waals surface area contributed by atoms with E-state index in [2.05, 4.69) is 37.4 Å². The third-order valence-electron chi connectivity index (χ3n) is 5.10. The van der Waals surface area contributed by atoms with Crippen LogP contribution in [0.5, 0.6) is 0 Å². The Morgan fingerprint density at radius 3 is 2.96 bits per heavy atom. The third-order valence-corrected chi connectivity index (χ3v) is 5.39. The molecule has 0 amide bonds. The van der Waals surface area contributed by atoms with Crippen LogP contribution in [0.25, 0.3) is 11.0 Å². The van der Waals surface area contributed by atoms with E-state index in [1.165, 1.54) is 12.8 Å². The monoisotopic (exact) mass is 394 g/mol. The SMILES string of the molecule is CC(c1ccc2[nH]cc(Cl)c2n1)c1cnc(N)nc1Nc1cc(C2CC2)[nH]n1. The number of aromatic amines is 2. The van der Waals surface area contributed by atoms with Gasteiger partial charge >= 0.3 is 0 Å². The summed E-state index contributed by atoms with van der Waals surface area (Å²) in [6.45, 7) is 2.05. The summed E-state index contributed by atoms with van der Waals surface area (Å²) >= 11 is 6.23. The zero-order valence-corrected chi connectivity index (χ0v) is 16.0. The molecule has 0 radical (unpaired) electrons. The number of nitrogens with one attached hydrogen (secondary N) is 3. The second kappa shape index (κ2) is 6.49. The van der Waals surface area contributed by atoms with Gasteiger partial charge in [0, 0.05) is 47.2 Å². The van der Waals surface area contributed by atoms with Crippen molar-refractivity contribution in [2.45, 2.75) is 31.6 Å². The van der Waals surface area contributed by atoms with Crippen LogP contribution >= 0.6 is 11.6 Å². The van der Waals surface area contributed by atoms with E-state index in [0.29, 0.717) is 22.6 Å². The second-order valence-corrected chi connectivity index (χ2v) is 7.54. The zero-order chi connectivity index (χ0) is 19.3. The van der Waals surface area contributed by atoms with E-state index in [9.17, 15) is 0 Å². The maximum atomic E-state index is 6.23. The van der Waals surface area contributed by atoms with Gasteiger partial charge in [-0.25, -0.2) is 9.97 Å². The van der Waals surface area contributed by atoms with Gasteiger partial charge in [-0.1, -0.05) is 18.5 Å². The smallest absolute Gasteiger partial charge is 0.221 e. The molecule has 5 rings (SSSR count). The van der Waals surface area contributed by atoms with Crippen LogP contribution in [-0.2, 0) is 0 Å². The highest BCUT2D eigenvalue weighted by Crippen LogP contribution is 2.40. The van der Waals surface area contributed by atoms with Crippen LogP contribution in [0.2, 0.25) is 5.02 Å². The number of nitrogens with zero attached hydrogens (tertiary/aromatic N) is 4. The van der Waals surface area contributed by atoms with Crippen LogP contribution in [-0.4, -0.2) is 30.1 Å². The van der Waals surface area contributed by atoms with Gasteiger partial charge in [0.25, 0.3) is 0 Å². The Hall–Kier alpha value is -3.13. The summed E-state index contributed by atoms with van der Waals surface area (Å²) in [5.41, 5.74) is 10.4. The lowest BCUT2D eigenvalue weighted by Gasteiger charge is -2.16. The molecule has 0 bridgehead atoms. The van der Waals surface area contributed by atoms with Crippen molar-refractivity contribution in [3.8, 4) is 0 Å². The fourth-order valence-corrected chi connectivity index (χ4v) is 3.53. The molecule has 9 heteroatoms. The number of H-pyrrole nitrogens is 2. The van der Waals surface area contributed by atoms with Crippen molar-refractivity contribution in [1.82, 2.24) is 30.1 Å². The van der Waals surface area contributed by atoms with Crippen molar-refractivity contribution in [2.75, 3.05) is 11.1 Å². The first kappa shape index (κ1) is 17.0. The molecular formula is C19H19ClN8. The van der Waals surface area contributed by atoms with Gasteiger partial charge in [-0.15, -0.1) is 0 Å². The van der Waals surface area contributed by atoms with Crippen molar-refractivity contribution in [3.05, 3.63) is 52.6 Å². The third kappa shape index (κ3) is 3.05. The summed E-state index contributed by atoms with van der Waals surface area (Å²) in [7, 11) is 0. The molecule has 4 aromatic heterocycles. The number of halogens is 1. The number of aromatic nitrogens is 6. The number of hydrogen-bond donors (Lipinski definition) is 4. The summed E-state index contributed by atoms with van der Waals surface area (Å²) in [5, 5.41) is 11.3. The molecule has 0 saturated heterocycles. The number of anilines is 3. The highest BCUT2D eigenvalue weighted by Gasteiger charge is 2.26. The van der Waals surface area contributed by atoms with Crippen molar-refractivity contribution in [2.24, 2.45) is 0 Å². The molecule has 0 aliphatic heterocycles. The average molecular weight is 395 g/mol. The van der Waals surface area contributed by atoms with E-state index in [4.69, 9.17) is 22.3 Å². The van der Waals surface area contributed by atoms with E-state index in [0.717, 1.165) is 28.0 Å². The summed E-state index contributed by atoms with van der Waals surface area (Å²) in [4.78, 5) is 16.4. The Morgan fingerprint density at radius 1 is 1.29 bits per heavy atom. The van der Waals surface area contributed by atoms with Gasteiger partial charge < -0.3 is 16.0 Å². The molecule has 8 nitrogen and oxygen atoms in total. The molecule has 4 heterocycles. The molecule has 1 unspecified atom stereocenters. The number of rotatable bonds is 5. The number of pyridine rings is 1. The molecule has 1 atom stereocenters. The Balaban J connectivity index is 1.49. The van der Waals surface area contributed by atoms with E-state index >= 15 is 0 Å². The van der Waals surface area contributed by atoms with Crippen LogP contribution in [0.4, 0.5) is 17.6 Å². The van der Waals surface area contributed by atoms with Gasteiger partial charge in [-0.05, 0) is 25.0 Å². The molecule has 1 saturated carbocycles. The molecule has 1 fully saturated rings. The van der Waals surface area contributed by atoms with Crippen molar-refractivity contribution in [1.29, 1.82) is 0 Å². The van der Waals surface area contributed by atoms with E-state index in [1.807, 2.05) is 18.2 Å². The van der Waals surface area contributed by atoms with Crippen molar-refractivity contribution in [3.63, 3.8) is 0 Å². The van der Waals surface area contributed by atoms with Gasteiger partial charge in [0.2, 0.25) is 5.95 Å². The molecule has 142 valence electrons. The number of hydrogen-bond acceptors (Lipinski definition) is 6. The lowest BCUT2D eigenvalue weighted by atomic mass is 9.98. The van der Waals surface area contributed by atoms with Gasteiger partial charge in [0.1, 0.15) is 11.3 Å². The number of fused-ring (bicyclic) bond motifs is 1. The first-order chi connectivity index (χ1) is 13.6. The number of nitrogens with two attached hydrogens (primary N) is 1. The molecule has 0 aromatic carbocycles. The maximum Gasteiger partial charge on any atom is 0.221 e. The summed E-state index contributed by atoms with van der Waals surface area (Å²) in [6.07, 6.45) is 5.89. The largest absolute Gasteiger partial charge is 0.368 e.